The smallest absolute Gasteiger partial charge is 0.0992 e. The van der Waals surface area contributed by atoms with Crippen molar-refractivity contribution < 1.29 is 0 Å². The third-order valence-electron chi connectivity index (χ3n) is 1.21. The highest BCUT2D eigenvalue weighted by atomic mass is 14.7. The van der Waals surface area contributed by atoms with Crippen LogP contribution in [0.1, 0.15) is 44.6 Å². The predicted molar refractivity (Wildman–Crippen MR) is 61.1 cm³/mol. The lowest BCUT2D eigenvalue weighted by Crippen LogP contribution is -1.86. The van der Waals surface area contributed by atoms with Gasteiger partial charge in [0.25, 0.3) is 0 Å². The van der Waals surface area contributed by atoms with Gasteiger partial charge in [-0.05, 0) is 26.0 Å². The number of hydrogen-bond donors (Lipinski definition) is 0. The number of nitrogens with zero attached hydrogens (tertiary/aromatic N) is 2. The molecule has 78 valence electrons. The van der Waals surface area contributed by atoms with Gasteiger partial charge >= 0.3 is 0 Å². The lowest BCUT2D eigenvalue weighted by atomic mass is 10.2. The van der Waals surface area contributed by atoms with Gasteiger partial charge in [0.1, 0.15) is 0 Å². The van der Waals surface area contributed by atoms with Crippen LogP contribution in [0.25, 0.3) is 0 Å². The molecule has 2 nitrogen and oxygen atoms in total. The van der Waals surface area contributed by atoms with Gasteiger partial charge in [-0.15, -0.1) is 0 Å². The number of pyridine rings is 1. The Morgan fingerprint density at radius 1 is 1.00 bits per heavy atom. The summed E-state index contributed by atoms with van der Waals surface area (Å²) >= 11 is 0. The van der Waals surface area contributed by atoms with Gasteiger partial charge in [0, 0.05) is 11.4 Å². The molecule has 1 aromatic rings. The molecule has 0 bridgehead atoms. The topological polar surface area (TPSA) is 36.7 Å². The molecule has 0 aliphatic heterocycles. The average molecular weight is 192 g/mol. The van der Waals surface area contributed by atoms with E-state index in [0.717, 1.165) is 11.4 Å². The Labute approximate surface area is 87.6 Å². The summed E-state index contributed by atoms with van der Waals surface area (Å²) in [6.45, 7) is 11.8. The highest BCUT2D eigenvalue weighted by Gasteiger charge is 1.92. The van der Waals surface area contributed by atoms with E-state index in [4.69, 9.17) is 5.26 Å². The van der Waals surface area contributed by atoms with Crippen LogP contribution >= 0.6 is 0 Å². The summed E-state index contributed by atoms with van der Waals surface area (Å²) in [5.41, 5.74) is 2.48. The molecule has 0 saturated heterocycles. The molecular formula is C12H20N2. The van der Waals surface area contributed by atoms with Crippen LogP contribution in [0.15, 0.2) is 12.1 Å². The van der Waals surface area contributed by atoms with Crippen LogP contribution in [0, 0.1) is 25.2 Å². The fourth-order valence-corrected chi connectivity index (χ4v) is 0.899. The SMILES string of the molecule is CC.CC.Cc1cc(C#N)cc(C)n1. The summed E-state index contributed by atoms with van der Waals surface area (Å²) in [7, 11) is 0. The Kier molecular flexibility index (Phi) is 10.5. The number of nitriles is 1. The first-order valence-corrected chi connectivity index (χ1v) is 5.08. The second kappa shape index (κ2) is 9.73. The quantitative estimate of drug-likeness (QED) is 0.629. The van der Waals surface area contributed by atoms with Crippen molar-refractivity contribution in [3.05, 3.63) is 29.1 Å². The minimum atomic E-state index is 0.685. The van der Waals surface area contributed by atoms with Gasteiger partial charge in [-0.25, -0.2) is 0 Å². The fraction of sp³-hybridized carbons (Fsp3) is 0.500. The first kappa shape index (κ1) is 15.1. The van der Waals surface area contributed by atoms with Crippen LogP contribution in [0.3, 0.4) is 0 Å². The van der Waals surface area contributed by atoms with E-state index in [1.54, 1.807) is 12.1 Å². The molecule has 0 radical (unpaired) electrons. The molecule has 0 aliphatic carbocycles. The molecule has 0 spiro atoms. The number of aryl methyl sites for hydroxylation is 2. The maximum Gasteiger partial charge on any atom is 0.0992 e. The van der Waals surface area contributed by atoms with Gasteiger partial charge in [0.2, 0.25) is 0 Å². The molecule has 1 heterocycles. The molecule has 0 N–H and O–H groups in total. The lowest BCUT2D eigenvalue weighted by Gasteiger charge is -1.94. The van der Waals surface area contributed by atoms with Gasteiger partial charge in [-0.2, -0.15) is 5.26 Å². The molecule has 0 atom stereocenters. The first-order valence-electron chi connectivity index (χ1n) is 5.08. The number of hydrogen-bond acceptors (Lipinski definition) is 2. The summed E-state index contributed by atoms with van der Waals surface area (Å²) in [6, 6.07) is 5.61. The minimum Gasteiger partial charge on any atom is -0.258 e. The second-order valence-electron chi connectivity index (χ2n) is 2.25. The molecule has 1 aromatic heterocycles. The highest BCUT2D eigenvalue weighted by molar-refractivity contribution is 5.31. The molecule has 14 heavy (non-hydrogen) atoms. The third kappa shape index (κ3) is 6.19. The van der Waals surface area contributed by atoms with Crippen LogP contribution in [0.2, 0.25) is 0 Å². The summed E-state index contributed by atoms with van der Waals surface area (Å²) in [6.07, 6.45) is 0. The average Bonchev–Trinajstić information content (AvgIpc) is 2.22. The van der Waals surface area contributed by atoms with E-state index in [0.29, 0.717) is 5.56 Å². The predicted octanol–water partition coefficient (Wildman–Crippen LogP) is 3.62. The Balaban J connectivity index is 0. The van der Waals surface area contributed by atoms with E-state index in [9.17, 15) is 0 Å². The van der Waals surface area contributed by atoms with Crippen LogP contribution in [0.5, 0.6) is 0 Å². The third-order valence-corrected chi connectivity index (χ3v) is 1.21. The standard InChI is InChI=1S/C8H8N2.2C2H6/c1-6-3-8(5-9)4-7(2)10-6;2*1-2/h3-4H,1-2H3;2*1-2H3. The molecule has 0 aromatic carbocycles. The number of aromatic nitrogens is 1. The molecule has 2 heteroatoms. The van der Waals surface area contributed by atoms with Crippen molar-refractivity contribution in [3.63, 3.8) is 0 Å². The van der Waals surface area contributed by atoms with Gasteiger partial charge in [-0.1, -0.05) is 27.7 Å². The Bertz CT molecular complexity index is 265. The second-order valence-corrected chi connectivity index (χ2v) is 2.25. The summed E-state index contributed by atoms with van der Waals surface area (Å²) in [5, 5.41) is 8.51. The lowest BCUT2D eigenvalue weighted by molar-refractivity contribution is 1.12. The molecule has 0 saturated carbocycles. The first-order chi connectivity index (χ1) is 6.72. The van der Waals surface area contributed by atoms with E-state index in [1.807, 2.05) is 41.5 Å². The van der Waals surface area contributed by atoms with E-state index < -0.39 is 0 Å². The maximum absolute atomic E-state index is 8.51. The maximum atomic E-state index is 8.51. The van der Waals surface area contributed by atoms with Crippen molar-refractivity contribution in [2.75, 3.05) is 0 Å². The van der Waals surface area contributed by atoms with Crippen molar-refractivity contribution >= 4 is 0 Å². The van der Waals surface area contributed by atoms with E-state index in [2.05, 4.69) is 11.1 Å². The molecule has 0 fully saturated rings. The summed E-state index contributed by atoms with van der Waals surface area (Å²) in [4.78, 5) is 4.13. The summed E-state index contributed by atoms with van der Waals surface area (Å²) in [5.74, 6) is 0. The zero-order chi connectivity index (χ0) is 11.6. The monoisotopic (exact) mass is 192 g/mol. The molecule has 1 rings (SSSR count). The Morgan fingerprint density at radius 2 is 1.36 bits per heavy atom. The van der Waals surface area contributed by atoms with Crippen molar-refractivity contribution in [2.24, 2.45) is 0 Å². The highest BCUT2D eigenvalue weighted by Crippen LogP contribution is 2.02. The van der Waals surface area contributed by atoms with Crippen LogP contribution in [-0.2, 0) is 0 Å². The van der Waals surface area contributed by atoms with E-state index >= 15 is 0 Å². The zero-order valence-electron chi connectivity index (χ0n) is 10.0. The van der Waals surface area contributed by atoms with Gasteiger partial charge in [-0.3, -0.25) is 4.98 Å². The van der Waals surface area contributed by atoms with Crippen molar-refractivity contribution in [1.82, 2.24) is 4.98 Å². The van der Waals surface area contributed by atoms with Crippen molar-refractivity contribution in [1.29, 1.82) is 5.26 Å². The van der Waals surface area contributed by atoms with Gasteiger partial charge in [0.15, 0.2) is 0 Å². The Morgan fingerprint density at radius 3 is 1.64 bits per heavy atom. The number of rotatable bonds is 0. The molecular weight excluding hydrogens is 172 g/mol. The normalized spacial score (nSPS) is 7.21. The van der Waals surface area contributed by atoms with Crippen molar-refractivity contribution in [2.45, 2.75) is 41.5 Å². The van der Waals surface area contributed by atoms with Crippen LogP contribution < -0.4 is 0 Å². The van der Waals surface area contributed by atoms with E-state index in [-0.39, 0.29) is 0 Å². The molecule has 0 unspecified atom stereocenters. The van der Waals surface area contributed by atoms with E-state index in [1.165, 1.54) is 0 Å². The zero-order valence-corrected chi connectivity index (χ0v) is 10.0. The minimum absolute atomic E-state index is 0.685. The largest absolute Gasteiger partial charge is 0.258 e. The Hall–Kier alpha value is -1.36. The van der Waals surface area contributed by atoms with Crippen molar-refractivity contribution in [3.8, 4) is 6.07 Å². The molecule has 0 amide bonds. The summed E-state index contributed by atoms with van der Waals surface area (Å²) < 4.78 is 0. The fourth-order valence-electron chi connectivity index (χ4n) is 0.899. The van der Waals surface area contributed by atoms with Gasteiger partial charge < -0.3 is 0 Å². The molecule has 0 aliphatic rings. The van der Waals surface area contributed by atoms with Crippen LogP contribution in [0.4, 0.5) is 0 Å². The van der Waals surface area contributed by atoms with Crippen LogP contribution in [-0.4, -0.2) is 4.98 Å². The van der Waals surface area contributed by atoms with Gasteiger partial charge in [0.05, 0.1) is 11.6 Å².